The molecule has 1 aliphatic heterocycles. The topological polar surface area (TPSA) is 57.3 Å². The van der Waals surface area contributed by atoms with E-state index in [4.69, 9.17) is 9.47 Å². The average Bonchev–Trinajstić information content (AvgIpc) is 2.41. The number of carbonyl (C=O) groups excluding carboxylic acids is 1. The SMILES string of the molecule is COCCOCCNC(=O)N1CCN(N(C)C)C(C)C1. The molecule has 0 aromatic carbocycles. The summed E-state index contributed by atoms with van der Waals surface area (Å²) in [5, 5.41) is 7.23. The van der Waals surface area contributed by atoms with Crippen LogP contribution in [-0.4, -0.2) is 94.2 Å². The molecule has 1 aliphatic rings. The van der Waals surface area contributed by atoms with Gasteiger partial charge in [-0.15, -0.1) is 0 Å². The zero-order valence-corrected chi connectivity index (χ0v) is 13.1. The first-order valence-electron chi connectivity index (χ1n) is 7.09. The van der Waals surface area contributed by atoms with Crippen LogP contribution in [0.25, 0.3) is 0 Å². The molecule has 1 saturated heterocycles. The van der Waals surface area contributed by atoms with Crippen LogP contribution in [0, 0.1) is 0 Å². The van der Waals surface area contributed by atoms with Crippen LogP contribution in [0.3, 0.4) is 0 Å². The van der Waals surface area contributed by atoms with Crippen LogP contribution >= 0.6 is 0 Å². The Morgan fingerprint density at radius 1 is 1.30 bits per heavy atom. The summed E-state index contributed by atoms with van der Waals surface area (Å²) in [6, 6.07) is 0.327. The van der Waals surface area contributed by atoms with Crippen molar-refractivity contribution in [2.24, 2.45) is 0 Å². The van der Waals surface area contributed by atoms with Gasteiger partial charge >= 0.3 is 6.03 Å². The fourth-order valence-corrected chi connectivity index (χ4v) is 2.31. The zero-order chi connectivity index (χ0) is 15.0. The van der Waals surface area contributed by atoms with Crippen molar-refractivity contribution in [3.05, 3.63) is 0 Å². The molecule has 1 unspecified atom stereocenters. The fraction of sp³-hybridized carbons (Fsp3) is 0.923. The molecule has 0 aromatic heterocycles. The van der Waals surface area contributed by atoms with E-state index in [2.05, 4.69) is 22.3 Å². The lowest BCUT2D eigenvalue weighted by molar-refractivity contribution is -0.0482. The summed E-state index contributed by atoms with van der Waals surface area (Å²) in [6.45, 7) is 6.68. The standard InChI is InChI=1S/C13H28N4O3/c1-12-11-16(6-7-17(12)15(2)3)13(18)14-5-8-20-10-9-19-4/h12H,5-11H2,1-4H3,(H,14,18). The number of piperazine rings is 1. The van der Waals surface area contributed by atoms with Crippen molar-refractivity contribution in [2.75, 3.05) is 67.2 Å². The van der Waals surface area contributed by atoms with Crippen LogP contribution in [0.5, 0.6) is 0 Å². The average molecular weight is 288 g/mol. The van der Waals surface area contributed by atoms with Crippen LogP contribution in [0.1, 0.15) is 6.92 Å². The summed E-state index contributed by atoms with van der Waals surface area (Å²) in [7, 11) is 5.70. The molecule has 1 N–H and O–H groups in total. The number of methoxy groups -OCH3 is 1. The predicted octanol–water partition coefficient (Wildman–Crippen LogP) is -0.158. The molecule has 2 amide bonds. The number of rotatable bonds is 7. The second kappa shape index (κ2) is 9.12. The van der Waals surface area contributed by atoms with Crippen LogP contribution in [0.2, 0.25) is 0 Å². The van der Waals surface area contributed by atoms with Crippen molar-refractivity contribution in [1.29, 1.82) is 0 Å². The summed E-state index contributed by atoms with van der Waals surface area (Å²) in [5.74, 6) is 0. The minimum absolute atomic E-state index is 0.00871. The van der Waals surface area contributed by atoms with Gasteiger partial charge < -0.3 is 19.7 Å². The number of ether oxygens (including phenoxy) is 2. The van der Waals surface area contributed by atoms with Gasteiger partial charge in [0.1, 0.15) is 0 Å². The number of amides is 2. The third-order valence-electron chi connectivity index (χ3n) is 3.35. The van der Waals surface area contributed by atoms with E-state index < -0.39 is 0 Å². The first kappa shape index (κ1) is 17.2. The Morgan fingerprint density at radius 2 is 2.05 bits per heavy atom. The van der Waals surface area contributed by atoms with Crippen LogP contribution in [0.15, 0.2) is 0 Å². The minimum Gasteiger partial charge on any atom is -0.382 e. The molecule has 0 aromatic rings. The Kier molecular flexibility index (Phi) is 7.83. The van der Waals surface area contributed by atoms with E-state index in [0.29, 0.717) is 32.4 Å². The van der Waals surface area contributed by atoms with Gasteiger partial charge in [-0.1, -0.05) is 0 Å². The molecule has 1 atom stereocenters. The van der Waals surface area contributed by atoms with Gasteiger partial charge in [-0.2, -0.15) is 0 Å². The third kappa shape index (κ3) is 5.62. The number of hydrogen-bond donors (Lipinski definition) is 1. The second-order valence-corrected chi connectivity index (χ2v) is 5.14. The van der Waals surface area contributed by atoms with Crippen molar-refractivity contribution < 1.29 is 14.3 Å². The molecule has 0 spiro atoms. The first-order valence-corrected chi connectivity index (χ1v) is 7.09. The maximum atomic E-state index is 12.0. The molecule has 1 rings (SSSR count). The van der Waals surface area contributed by atoms with Crippen molar-refractivity contribution >= 4 is 6.03 Å². The van der Waals surface area contributed by atoms with Crippen molar-refractivity contribution in [3.63, 3.8) is 0 Å². The molecular formula is C13H28N4O3. The molecule has 7 heteroatoms. The third-order valence-corrected chi connectivity index (χ3v) is 3.35. The van der Waals surface area contributed by atoms with Gasteiger partial charge in [0.25, 0.3) is 0 Å². The Hall–Kier alpha value is -0.890. The van der Waals surface area contributed by atoms with Crippen LogP contribution < -0.4 is 5.32 Å². The van der Waals surface area contributed by atoms with Gasteiger partial charge in [0.2, 0.25) is 0 Å². The van der Waals surface area contributed by atoms with Gasteiger partial charge in [-0.25, -0.2) is 14.8 Å². The molecule has 1 heterocycles. The summed E-state index contributed by atoms with van der Waals surface area (Å²) in [4.78, 5) is 13.9. The zero-order valence-electron chi connectivity index (χ0n) is 13.1. The number of hydrazine groups is 1. The Balaban J connectivity index is 2.18. The van der Waals surface area contributed by atoms with E-state index in [1.165, 1.54) is 0 Å². The Bertz CT molecular complexity index is 289. The van der Waals surface area contributed by atoms with E-state index >= 15 is 0 Å². The fourth-order valence-electron chi connectivity index (χ4n) is 2.31. The molecule has 1 fully saturated rings. The number of carbonyl (C=O) groups is 1. The largest absolute Gasteiger partial charge is 0.382 e. The van der Waals surface area contributed by atoms with Crippen molar-refractivity contribution in [2.45, 2.75) is 13.0 Å². The summed E-state index contributed by atoms with van der Waals surface area (Å²) < 4.78 is 10.2. The van der Waals surface area contributed by atoms with Gasteiger partial charge in [0, 0.05) is 53.4 Å². The van der Waals surface area contributed by atoms with Crippen LogP contribution in [0.4, 0.5) is 4.79 Å². The van der Waals surface area contributed by atoms with E-state index in [1.807, 2.05) is 19.0 Å². The quantitative estimate of drug-likeness (QED) is 0.660. The lowest BCUT2D eigenvalue weighted by Crippen LogP contribution is -2.59. The maximum absolute atomic E-state index is 12.0. The maximum Gasteiger partial charge on any atom is 0.317 e. The molecule has 0 saturated carbocycles. The highest BCUT2D eigenvalue weighted by molar-refractivity contribution is 5.74. The first-order chi connectivity index (χ1) is 9.56. The Morgan fingerprint density at radius 3 is 2.65 bits per heavy atom. The Labute approximate surface area is 121 Å². The number of hydrogen-bond acceptors (Lipinski definition) is 5. The predicted molar refractivity (Wildman–Crippen MR) is 77.5 cm³/mol. The molecule has 7 nitrogen and oxygen atoms in total. The summed E-state index contributed by atoms with van der Waals surface area (Å²) in [6.07, 6.45) is 0. The number of nitrogens with one attached hydrogen (secondary N) is 1. The number of urea groups is 1. The summed E-state index contributed by atoms with van der Waals surface area (Å²) >= 11 is 0. The highest BCUT2D eigenvalue weighted by atomic mass is 16.5. The lowest BCUT2D eigenvalue weighted by Gasteiger charge is -2.42. The molecule has 20 heavy (non-hydrogen) atoms. The molecule has 118 valence electrons. The molecular weight excluding hydrogens is 260 g/mol. The molecule has 0 aliphatic carbocycles. The van der Waals surface area contributed by atoms with Crippen molar-refractivity contribution in [3.8, 4) is 0 Å². The van der Waals surface area contributed by atoms with E-state index in [-0.39, 0.29) is 6.03 Å². The van der Waals surface area contributed by atoms with Crippen LogP contribution in [-0.2, 0) is 9.47 Å². The van der Waals surface area contributed by atoms with Gasteiger partial charge in [0.05, 0.1) is 19.8 Å². The second-order valence-electron chi connectivity index (χ2n) is 5.14. The normalized spacial score (nSPS) is 20.4. The minimum atomic E-state index is -0.00871. The van der Waals surface area contributed by atoms with E-state index in [0.717, 1.165) is 19.6 Å². The lowest BCUT2D eigenvalue weighted by atomic mass is 10.2. The van der Waals surface area contributed by atoms with E-state index in [1.54, 1.807) is 7.11 Å². The smallest absolute Gasteiger partial charge is 0.317 e. The van der Waals surface area contributed by atoms with Gasteiger partial charge in [0.15, 0.2) is 0 Å². The monoisotopic (exact) mass is 288 g/mol. The molecule has 0 radical (unpaired) electrons. The molecule has 0 bridgehead atoms. The highest BCUT2D eigenvalue weighted by Gasteiger charge is 2.27. The van der Waals surface area contributed by atoms with Gasteiger partial charge in [-0.3, -0.25) is 0 Å². The van der Waals surface area contributed by atoms with Crippen molar-refractivity contribution in [1.82, 2.24) is 20.2 Å². The number of nitrogens with zero attached hydrogens (tertiary/aromatic N) is 3. The summed E-state index contributed by atoms with van der Waals surface area (Å²) in [5.41, 5.74) is 0. The van der Waals surface area contributed by atoms with E-state index in [9.17, 15) is 4.79 Å². The van der Waals surface area contributed by atoms with Gasteiger partial charge in [-0.05, 0) is 6.92 Å². The highest BCUT2D eigenvalue weighted by Crippen LogP contribution is 2.10.